The van der Waals surface area contributed by atoms with E-state index in [1.54, 1.807) is 18.2 Å². The molecule has 3 rings (SSSR count). The Kier molecular flexibility index (Phi) is 3.53. The van der Waals surface area contributed by atoms with Gasteiger partial charge in [-0.15, -0.1) is 0 Å². The number of carbonyl (C=O) groups excluding carboxylic acids is 1. The van der Waals surface area contributed by atoms with Crippen LogP contribution in [0.25, 0.3) is 0 Å². The molecule has 0 spiro atoms. The molecule has 5 heteroatoms. The van der Waals surface area contributed by atoms with Gasteiger partial charge in [0.1, 0.15) is 5.75 Å². The maximum absolute atomic E-state index is 12.4. The van der Waals surface area contributed by atoms with Crippen molar-refractivity contribution in [2.75, 3.05) is 32.0 Å². The molecule has 2 aliphatic rings. The van der Waals surface area contributed by atoms with Gasteiger partial charge in [-0.05, 0) is 63.2 Å². The number of phenols is 1. The monoisotopic (exact) mass is 275 g/mol. The lowest BCUT2D eigenvalue weighted by atomic mass is 10.0. The summed E-state index contributed by atoms with van der Waals surface area (Å²) in [5, 5.41) is 12.5. The molecule has 1 saturated heterocycles. The molecule has 5 nitrogen and oxygen atoms in total. The van der Waals surface area contributed by atoms with Crippen LogP contribution >= 0.6 is 0 Å². The van der Waals surface area contributed by atoms with Crippen LogP contribution in [0.15, 0.2) is 18.2 Å². The van der Waals surface area contributed by atoms with Crippen LogP contribution in [0.1, 0.15) is 18.4 Å². The Bertz CT molecular complexity index is 510. The molecule has 0 radical (unpaired) electrons. The van der Waals surface area contributed by atoms with E-state index < -0.39 is 0 Å². The molecule has 2 amide bonds. The largest absolute Gasteiger partial charge is 0.508 e. The van der Waals surface area contributed by atoms with Crippen molar-refractivity contribution in [3.8, 4) is 5.75 Å². The third-order valence-corrected chi connectivity index (χ3v) is 4.34. The quantitative estimate of drug-likeness (QED) is 0.769. The van der Waals surface area contributed by atoms with E-state index in [-0.39, 0.29) is 11.8 Å². The smallest absolute Gasteiger partial charge is 0.322 e. The van der Waals surface area contributed by atoms with Crippen molar-refractivity contribution in [1.82, 2.24) is 9.80 Å². The van der Waals surface area contributed by atoms with Gasteiger partial charge in [0.25, 0.3) is 0 Å². The van der Waals surface area contributed by atoms with Crippen LogP contribution in [0, 0.1) is 0 Å². The van der Waals surface area contributed by atoms with Crippen molar-refractivity contribution in [2.45, 2.75) is 25.3 Å². The summed E-state index contributed by atoms with van der Waals surface area (Å²) in [4.78, 5) is 16.6. The highest BCUT2D eigenvalue weighted by Crippen LogP contribution is 2.26. The third kappa shape index (κ3) is 2.58. The van der Waals surface area contributed by atoms with Crippen LogP contribution in [-0.2, 0) is 6.42 Å². The zero-order chi connectivity index (χ0) is 14.1. The number of rotatable bonds is 1. The summed E-state index contributed by atoms with van der Waals surface area (Å²) in [7, 11) is 2.12. The number of aromatic hydroxyl groups is 1. The average molecular weight is 275 g/mol. The molecular weight excluding hydrogens is 254 g/mol. The topological polar surface area (TPSA) is 55.8 Å². The molecule has 20 heavy (non-hydrogen) atoms. The van der Waals surface area contributed by atoms with Crippen LogP contribution < -0.4 is 5.32 Å². The Morgan fingerprint density at radius 3 is 2.75 bits per heavy atom. The van der Waals surface area contributed by atoms with E-state index in [0.717, 1.165) is 50.1 Å². The number of anilines is 1. The molecule has 2 aliphatic heterocycles. The molecule has 0 bridgehead atoms. The van der Waals surface area contributed by atoms with Gasteiger partial charge in [0, 0.05) is 18.3 Å². The molecule has 1 aromatic carbocycles. The number of nitrogens with zero attached hydrogens (tertiary/aromatic N) is 2. The van der Waals surface area contributed by atoms with Crippen LogP contribution in [0.2, 0.25) is 0 Å². The molecule has 1 aromatic rings. The summed E-state index contributed by atoms with van der Waals surface area (Å²) in [6.45, 7) is 2.81. The predicted molar refractivity (Wildman–Crippen MR) is 78.1 cm³/mol. The van der Waals surface area contributed by atoms with Crippen molar-refractivity contribution >= 4 is 11.7 Å². The molecular formula is C15H21N3O2. The van der Waals surface area contributed by atoms with Gasteiger partial charge in [-0.25, -0.2) is 4.79 Å². The van der Waals surface area contributed by atoms with Crippen molar-refractivity contribution in [1.29, 1.82) is 0 Å². The number of phenolic OH excluding ortho intramolecular Hbond substituents is 1. The fourth-order valence-corrected chi connectivity index (χ4v) is 3.09. The van der Waals surface area contributed by atoms with Crippen LogP contribution in [0.4, 0.5) is 10.5 Å². The van der Waals surface area contributed by atoms with Crippen LogP contribution in [0.3, 0.4) is 0 Å². The maximum atomic E-state index is 12.4. The number of benzene rings is 1. The van der Waals surface area contributed by atoms with Crippen LogP contribution in [-0.4, -0.2) is 53.7 Å². The summed E-state index contributed by atoms with van der Waals surface area (Å²) in [6, 6.07) is 5.46. The Morgan fingerprint density at radius 1 is 1.25 bits per heavy atom. The van der Waals surface area contributed by atoms with Gasteiger partial charge in [0.15, 0.2) is 0 Å². The Labute approximate surface area is 119 Å². The van der Waals surface area contributed by atoms with Gasteiger partial charge in [0.05, 0.1) is 0 Å². The van der Waals surface area contributed by atoms with Gasteiger partial charge in [-0.2, -0.15) is 0 Å². The van der Waals surface area contributed by atoms with Crippen LogP contribution in [0.5, 0.6) is 5.75 Å². The van der Waals surface area contributed by atoms with Crippen molar-refractivity contribution in [3.63, 3.8) is 0 Å². The first-order chi connectivity index (χ1) is 9.63. The summed E-state index contributed by atoms with van der Waals surface area (Å²) in [6.07, 6.45) is 2.85. The lowest BCUT2D eigenvalue weighted by Gasteiger charge is -2.36. The van der Waals surface area contributed by atoms with Gasteiger partial charge >= 0.3 is 6.03 Å². The number of hydrogen-bond donors (Lipinski definition) is 2. The second-order valence-electron chi connectivity index (χ2n) is 5.75. The molecule has 0 saturated carbocycles. The van der Waals surface area contributed by atoms with Gasteiger partial charge in [0.2, 0.25) is 0 Å². The van der Waals surface area contributed by atoms with Gasteiger partial charge in [-0.3, -0.25) is 0 Å². The Balaban J connectivity index is 1.75. The molecule has 0 atom stereocenters. The SMILES string of the molecule is CN1CCC(N2CCc3cc(O)ccc3NC2=O)CC1. The number of fused-ring (bicyclic) bond motifs is 1. The minimum Gasteiger partial charge on any atom is -0.508 e. The highest BCUT2D eigenvalue weighted by atomic mass is 16.3. The van der Waals surface area contributed by atoms with E-state index in [1.807, 2.05) is 4.90 Å². The van der Waals surface area contributed by atoms with E-state index >= 15 is 0 Å². The number of carbonyl (C=O) groups is 1. The molecule has 108 valence electrons. The summed E-state index contributed by atoms with van der Waals surface area (Å²) < 4.78 is 0. The van der Waals surface area contributed by atoms with Gasteiger partial charge < -0.3 is 20.2 Å². The average Bonchev–Trinajstić information content (AvgIpc) is 2.58. The molecule has 0 aliphatic carbocycles. The highest BCUT2D eigenvalue weighted by Gasteiger charge is 2.29. The summed E-state index contributed by atoms with van der Waals surface area (Å²) >= 11 is 0. The summed E-state index contributed by atoms with van der Waals surface area (Å²) in [5.41, 5.74) is 1.83. The van der Waals surface area contributed by atoms with E-state index in [1.165, 1.54) is 0 Å². The highest BCUT2D eigenvalue weighted by molar-refractivity contribution is 5.91. The summed E-state index contributed by atoms with van der Waals surface area (Å²) in [5.74, 6) is 0.255. The third-order valence-electron chi connectivity index (χ3n) is 4.34. The Hall–Kier alpha value is -1.75. The predicted octanol–water partition coefficient (Wildman–Crippen LogP) is 1.88. The number of nitrogens with one attached hydrogen (secondary N) is 1. The van der Waals surface area contributed by atoms with E-state index in [0.29, 0.717) is 6.04 Å². The lowest BCUT2D eigenvalue weighted by molar-refractivity contribution is 0.141. The van der Waals surface area contributed by atoms with Gasteiger partial charge in [-0.1, -0.05) is 0 Å². The maximum Gasteiger partial charge on any atom is 0.322 e. The van der Waals surface area contributed by atoms with E-state index in [9.17, 15) is 9.90 Å². The fourth-order valence-electron chi connectivity index (χ4n) is 3.09. The number of urea groups is 1. The standard InChI is InChI=1S/C15H21N3O2/c1-17-7-5-12(6-8-17)18-9-4-11-10-13(19)2-3-14(11)16-15(18)20/h2-3,10,12,19H,4-9H2,1H3,(H,16,20). The number of amides is 2. The van der Waals surface area contributed by atoms with E-state index in [4.69, 9.17) is 0 Å². The van der Waals surface area contributed by atoms with Crippen molar-refractivity contribution < 1.29 is 9.90 Å². The lowest BCUT2D eigenvalue weighted by Crippen LogP contribution is -2.48. The fraction of sp³-hybridized carbons (Fsp3) is 0.533. The number of hydrogen-bond acceptors (Lipinski definition) is 3. The first kappa shape index (κ1) is 13.2. The molecule has 0 unspecified atom stereocenters. The normalized spacial score (nSPS) is 21.2. The Morgan fingerprint density at radius 2 is 2.00 bits per heavy atom. The number of piperidine rings is 1. The van der Waals surface area contributed by atoms with Crippen molar-refractivity contribution in [2.24, 2.45) is 0 Å². The minimum atomic E-state index is -0.0102. The van der Waals surface area contributed by atoms with Crippen molar-refractivity contribution in [3.05, 3.63) is 23.8 Å². The first-order valence-corrected chi connectivity index (χ1v) is 7.21. The molecule has 1 fully saturated rings. The first-order valence-electron chi connectivity index (χ1n) is 7.21. The zero-order valence-corrected chi connectivity index (χ0v) is 11.8. The molecule has 2 heterocycles. The molecule has 0 aromatic heterocycles. The minimum absolute atomic E-state index is 0.0102. The molecule has 2 N–H and O–H groups in total. The second kappa shape index (κ2) is 5.32. The van der Waals surface area contributed by atoms with E-state index in [2.05, 4.69) is 17.3 Å². The zero-order valence-electron chi connectivity index (χ0n) is 11.8. The second-order valence-corrected chi connectivity index (χ2v) is 5.75. The number of likely N-dealkylation sites (tertiary alicyclic amines) is 1.